The number of thiazole rings is 1. The van der Waals surface area contributed by atoms with Crippen molar-refractivity contribution in [2.45, 2.75) is 6.42 Å². The van der Waals surface area contributed by atoms with Crippen molar-refractivity contribution >= 4 is 44.8 Å². The van der Waals surface area contributed by atoms with Gasteiger partial charge in [0.2, 0.25) is 0 Å². The van der Waals surface area contributed by atoms with Crippen molar-refractivity contribution in [3.63, 3.8) is 0 Å². The molecular weight excluding hydrogens is 249 g/mol. The fraction of sp³-hybridized carbons (Fsp3) is 0.364. The second-order valence-corrected chi connectivity index (χ2v) is 5.19. The largest absolute Gasteiger partial charge is 0.241 e. The molecule has 2 rings (SSSR count). The Bertz CT molecular complexity index is 404. The molecule has 0 aliphatic carbocycles. The molecule has 0 spiro atoms. The number of hydrogen-bond donors (Lipinski definition) is 0. The Balaban J connectivity index is 2.21. The normalized spacial score (nSPS) is 11.4. The third-order valence-electron chi connectivity index (χ3n) is 2.24. The minimum atomic E-state index is 0.328. The summed E-state index contributed by atoms with van der Waals surface area (Å²) in [5.41, 5.74) is 1.07. The first kappa shape index (κ1) is 11.2. The molecule has 80 valence electrons. The molecule has 0 amide bonds. The molecule has 0 bridgehead atoms. The number of fused-ring (bicyclic) bond motifs is 1. The first-order valence-corrected chi connectivity index (χ1v) is 6.68. The molecule has 0 atom stereocenters. The van der Waals surface area contributed by atoms with E-state index in [1.54, 1.807) is 11.3 Å². The van der Waals surface area contributed by atoms with Crippen LogP contribution in [-0.4, -0.2) is 16.7 Å². The van der Waals surface area contributed by atoms with Crippen molar-refractivity contribution in [2.75, 3.05) is 11.8 Å². The van der Waals surface area contributed by atoms with E-state index in [2.05, 4.69) is 11.1 Å². The molecule has 2 aromatic rings. The van der Waals surface area contributed by atoms with Crippen LogP contribution in [0.3, 0.4) is 0 Å². The standard InChI is InChI=1S/C11H11Cl2NS/c12-6-8(7-13)5-11-14-9-3-1-2-4-10(9)15-11/h1-4,8H,5-7H2. The average Bonchev–Trinajstić information content (AvgIpc) is 2.68. The van der Waals surface area contributed by atoms with Crippen molar-refractivity contribution in [2.24, 2.45) is 5.92 Å². The van der Waals surface area contributed by atoms with E-state index in [4.69, 9.17) is 23.2 Å². The molecular formula is C11H11Cl2NS. The van der Waals surface area contributed by atoms with Crippen LogP contribution >= 0.6 is 34.5 Å². The zero-order valence-electron chi connectivity index (χ0n) is 8.12. The van der Waals surface area contributed by atoms with Gasteiger partial charge in [0.1, 0.15) is 0 Å². The predicted octanol–water partition coefficient (Wildman–Crippen LogP) is 3.93. The highest BCUT2D eigenvalue weighted by atomic mass is 35.5. The number of halogens is 2. The molecule has 0 N–H and O–H groups in total. The Morgan fingerprint density at radius 2 is 1.93 bits per heavy atom. The summed E-state index contributed by atoms with van der Waals surface area (Å²) in [5, 5.41) is 1.13. The Kier molecular flexibility index (Phi) is 3.84. The third-order valence-corrected chi connectivity index (χ3v) is 4.17. The maximum absolute atomic E-state index is 5.81. The van der Waals surface area contributed by atoms with E-state index >= 15 is 0 Å². The van der Waals surface area contributed by atoms with Gasteiger partial charge in [-0.15, -0.1) is 34.5 Å². The topological polar surface area (TPSA) is 12.9 Å². The molecule has 1 aromatic carbocycles. The maximum Gasteiger partial charge on any atom is 0.0942 e. The lowest BCUT2D eigenvalue weighted by Crippen LogP contribution is -2.07. The van der Waals surface area contributed by atoms with E-state index < -0.39 is 0 Å². The van der Waals surface area contributed by atoms with Crippen LogP contribution < -0.4 is 0 Å². The molecule has 1 aromatic heterocycles. The second kappa shape index (κ2) is 5.15. The van der Waals surface area contributed by atoms with E-state index in [0.717, 1.165) is 16.9 Å². The Hall–Kier alpha value is -0.310. The van der Waals surface area contributed by atoms with Crippen LogP contribution in [0.15, 0.2) is 24.3 Å². The first-order chi connectivity index (χ1) is 7.33. The van der Waals surface area contributed by atoms with Crippen molar-refractivity contribution in [3.05, 3.63) is 29.3 Å². The third kappa shape index (κ3) is 2.63. The van der Waals surface area contributed by atoms with Crippen LogP contribution in [0, 0.1) is 5.92 Å². The number of alkyl halides is 2. The van der Waals surface area contributed by atoms with E-state index in [0.29, 0.717) is 17.7 Å². The summed E-state index contributed by atoms with van der Waals surface area (Å²) in [7, 11) is 0. The van der Waals surface area contributed by atoms with Gasteiger partial charge < -0.3 is 0 Å². The Morgan fingerprint density at radius 1 is 1.20 bits per heavy atom. The molecule has 0 unspecified atom stereocenters. The predicted molar refractivity (Wildman–Crippen MR) is 68.3 cm³/mol. The quantitative estimate of drug-likeness (QED) is 0.759. The molecule has 0 aliphatic heterocycles. The van der Waals surface area contributed by atoms with Gasteiger partial charge in [-0.25, -0.2) is 4.98 Å². The van der Waals surface area contributed by atoms with E-state index in [9.17, 15) is 0 Å². The molecule has 0 aliphatic rings. The SMILES string of the molecule is ClCC(CCl)Cc1nc2ccccc2s1. The molecule has 1 heterocycles. The fourth-order valence-electron chi connectivity index (χ4n) is 1.40. The summed E-state index contributed by atoms with van der Waals surface area (Å²) in [6, 6.07) is 8.16. The summed E-state index contributed by atoms with van der Waals surface area (Å²) >= 11 is 13.3. The number of benzene rings is 1. The van der Waals surface area contributed by atoms with Crippen LogP contribution in [0.25, 0.3) is 10.2 Å². The van der Waals surface area contributed by atoms with Crippen LogP contribution in [0.4, 0.5) is 0 Å². The van der Waals surface area contributed by atoms with Gasteiger partial charge in [0.25, 0.3) is 0 Å². The van der Waals surface area contributed by atoms with Gasteiger partial charge in [-0.1, -0.05) is 12.1 Å². The molecule has 15 heavy (non-hydrogen) atoms. The lowest BCUT2D eigenvalue weighted by Gasteiger charge is -2.05. The van der Waals surface area contributed by atoms with Gasteiger partial charge in [-0.2, -0.15) is 0 Å². The summed E-state index contributed by atoms with van der Waals surface area (Å²) in [6.07, 6.45) is 0.881. The number of para-hydroxylation sites is 1. The molecule has 1 nitrogen and oxygen atoms in total. The molecule has 4 heteroatoms. The van der Waals surface area contributed by atoms with E-state index in [1.165, 1.54) is 4.70 Å². The number of rotatable bonds is 4. The van der Waals surface area contributed by atoms with Crippen molar-refractivity contribution in [1.82, 2.24) is 4.98 Å². The lowest BCUT2D eigenvalue weighted by molar-refractivity contribution is 0.660. The summed E-state index contributed by atoms with van der Waals surface area (Å²) in [6.45, 7) is 0. The molecule has 0 saturated heterocycles. The Labute approximate surface area is 103 Å². The molecule has 0 radical (unpaired) electrons. The van der Waals surface area contributed by atoms with Crippen LogP contribution in [0.1, 0.15) is 5.01 Å². The first-order valence-electron chi connectivity index (χ1n) is 4.80. The lowest BCUT2D eigenvalue weighted by atomic mass is 10.1. The number of nitrogens with zero attached hydrogens (tertiary/aromatic N) is 1. The fourth-order valence-corrected chi connectivity index (χ4v) is 3.03. The second-order valence-electron chi connectivity index (χ2n) is 3.45. The minimum Gasteiger partial charge on any atom is -0.241 e. The number of hydrogen-bond acceptors (Lipinski definition) is 2. The monoisotopic (exact) mass is 259 g/mol. The van der Waals surface area contributed by atoms with Crippen LogP contribution in [0.2, 0.25) is 0 Å². The van der Waals surface area contributed by atoms with Crippen LogP contribution in [0.5, 0.6) is 0 Å². The van der Waals surface area contributed by atoms with Gasteiger partial charge in [-0.05, 0) is 18.1 Å². The van der Waals surface area contributed by atoms with Gasteiger partial charge in [-0.3, -0.25) is 0 Å². The highest BCUT2D eigenvalue weighted by Crippen LogP contribution is 2.24. The highest BCUT2D eigenvalue weighted by molar-refractivity contribution is 7.18. The van der Waals surface area contributed by atoms with Gasteiger partial charge >= 0.3 is 0 Å². The van der Waals surface area contributed by atoms with E-state index in [1.807, 2.05) is 18.2 Å². The Morgan fingerprint density at radius 3 is 2.60 bits per heavy atom. The van der Waals surface area contributed by atoms with Crippen molar-refractivity contribution in [1.29, 1.82) is 0 Å². The summed E-state index contributed by atoms with van der Waals surface area (Å²) < 4.78 is 1.23. The van der Waals surface area contributed by atoms with Gasteiger partial charge in [0, 0.05) is 18.2 Å². The van der Waals surface area contributed by atoms with Gasteiger partial charge in [0.15, 0.2) is 0 Å². The zero-order valence-corrected chi connectivity index (χ0v) is 10.4. The number of aromatic nitrogens is 1. The zero-order chi connectivity index (χ0) is 10.7. The summed E-state index contributed by atoms with van der Waals surface area (Å²) in [4.78, 5) is 4.55. The summed E-state index contributed by atoms with van der Waals surface area (Å²) in [5.74, 6) is 1.52. The minimum absolute atomic E-state index is 0.328. The van der Waals surface area contributed by atoms with Crippen molar-refractivity contribution in [3.8, 4) is 0 Å². The average molecular weight is 260 g/mol. The van der Waals surface area contributed by atoms with Gasteiger partial charge in [0.05, 0.1) is 15.2 Å². The van der Waals surface area contributed by atoms with Crippen molar-refractivity contribution < 1.29 is 0 Å². The maximum atomic E-state index is 5.81. The smallest absolute Gasteiger partial charge is 0.0942 e. The molecule has 0 saturated carbocycles. The highest BCUT2D eigenvalue weighted by Gasteiger charge is 2.10. The molecule has 0 fully saturated rings. The van der Waals surface area contributed by atoms with Crippen LogP contribution in [-0.2, 0) is 6.42 Å². The van der Waals surface area contributed by atoms with E-state index in [-0.39, 0.29) is 0 Å².